The first-order valence-corrected chi connectivity index (χ1v) is 15.9. The lowest BCUT2D eigenvalue weighted by Crippen LogP contribution is -2.19. The number of benzene rings is 10. The maximum atomic E-state index is 2.42. The molecule has 210 valence electrons. The number of hydrogen-bond donors (Lipinski definition) is 0. The summed E-state index contributed by atoms with van der Waals surface area (Å²) < 4.78 is 0. The van der Waals surface area contributed by atoms with E-state index in [1.807, 2.05) is 0 Å². The molecule has 0 heterocycles. The molecule has 0 saturated carbocycles. The summed E-state index contributed by atoms with van der Waals surface area (Å²) in [6, 6.07) is 54.9. The fraction of sp³-hybridized carbons (Fsp3) is 0.0667. The molecule has 0 fully saturated rings. The highest BCUT2D eigenvalue weighted by Crippen LogP contribution is 2.43. The molecule has 0 nitrogen and oxygen atoms in total. The Bertz CT molecular complexity index is 2750. The maximum absolute atomic E-state index is 2.42. The molecule has 0 N–H and O–H groups in total. The van der Waals surface area contributed by atoms with Crippen LogP contribution in [0.2, 0.25) is 0 Å². The molecule has 0 aliphatic heterocycles. The Hall–Kier alpha value is -5.46. The zero-order valence-electron chi connectivity index (χ0n) is 25.4. The molecule has 0 bridgehead atoms. The Morgan fingerprint density at radius 1 is 0.356 bits per heavy atom. The maximum Gasteiger partial charge on any atom is 0.0152 e. The smallest absolute Gasteiger partial charge is 0.0152 e. The van der Waals surface area contributed by atoms with E-state index in [0.29, 0.717) is 0 Å². The third-order valence-electron chi connectivity index (χ3n) is 10.6. The Morgan fingerprint density at radius 2 is 0.844 bits per heavy atom. The predicted octanol–water partition coefficient (Wildman–Crippen LogP) is 12.6. The van der Waals surface area contributed by atoms with E-state index in [0.717, 1.165) is 0 Å². The van der Waals surface area contributed by atoms with Gasteiger partial charge in [-0.3, -0.25) is 0 Å². The minimum absolute atomic E-state index is 0.181. The molecule has 0 aromatic heterocycles. The molecule has 45 heavy (non-hydrogen) atoms. The second-order valence-corrected chi connectivity index (χ2v) is 13.3. The predicted molar refractivity (Wildman–Crippen MR) is 195 cm³/mol. The van der Waals surface area contributed by atoms with Crippen molar-refractivity contribution < 1.29 is 0 Å². The van der Waals surface area contributed by atoms with Gasteiger partial charge >= 0.3 is 0 Å². The van der Waals surface area contributed by atoms with Crippen molar-refractivity contribution >= 4 is 75.4 Å². The van der Waals surface area contributed by atoms with Crippen molar-refractivity contribution in [2.45, 2.75) is 19.3 Å². The van der Waals surface area contributed by atoms with Crippen molar-refractivity contribution in [2.75, 3.05) is 0 Å². The molecule has 0 heteroatoms. The van der Waals surface area contributed by atoms with Gasteiger partial charge in [0, 0.05) is 5.41 Å². The van der Waals surface area contributed by atoms with Crippen LogP contribution in [0.5, 0.6) is 0 Å². The highest BCUT2D eigenvalue weighted by molar-refractivity contribution is 6.26. The van der Waals surface area contributed by atoms with E-state index in [-0.39, 0.29) is 5.41 Å². The molecule has 10 rings (SSSR count). The van der Waals surface area contributed by atoms with Gasteiger partial charge in [0.2, 0.25) is 0 Å². The van der Waals surface area contributed by atoms with Crippen molar-refractivity contribution in [3.63, 3.8) is 0 Å². The molecular weight excluding hydrogens is 540 g/mol. The normalized spacial score (nSPS) is 12.7. The van der Waals surface area contributed by atoms with Gasteiger partial charge in [0.05, 0.1) is 0 Å². The van der Waals surface area contributed by atoms with Crippen LogP contribution in [-0.4, -0.2) is 0 Å². The zero-order chi connectivity index (χ0) is 29.9. The Balaban J connectivity index is 1.15. The highest BCUT2D eigenvalue weighted by atomic mass is 14.3. The first kappa shape index (κ1) is 24.9. The van der Waals surface area contributed by atoms with Crippen molar-refractivity contribution in [2.24, 2.45) is 0 Å². The summed E-state index contributed by atoms with van der Waals surface area (Å²) >= 11 is 0. The minimum Gasteiger partial charge on any atom is -0.0610 e. The standard InChI is InChI=1S/C45H30/c1-45(2,40-24-19-33-13-11-29-6-4-8-31-18-23-39(40)44(33)42(29)31)36-20-15-27-9-14-34(25-35(27)26-36)37-21-16-32-12-10-28-5-3-7-30-17-22-38(37)43(32)41(28)30/h3-26H,1-2H3. The lowest BCUT2D eigenvalue weighted by Gasteiger charge is -2.29. The lowest BCUT2D eigenvalue weighted by molar-refractivity contribution is 0.648. The van der Waals surface area contributed by atoms with Gasteiger partial charge in [-0.15, -0.1) is 0 Å². The molecule has 0 saturated heterocycles. The monoisotopic (exact) mass is 570 g/mol. The molecule has 0 aliphatic carbocycles. The van der Waals surface area contributed by atoms with Gasteiger partial charge in [-0.2, -0.15) is 0 Å². The van der Waals surface area contributed by atoms with Crippen molar-refractivity contribution in [1.82, 2.24) is 0 Å². The quantitative estimate of drug-likeness (QED) is 0.185. The van der Waals surface area contributed by atoms with Crippen LogP contribution in [-0.2, 0) is 5.41 Å². The summed E-state index contributed by atoms with van der Waals surface area (Å²) in [6.07, 6.45) is 0. The molecule has 10 aromatic carbocycles. The molecule has 0 aliphatic rings. The van der Waals surface area contributed by atoms with Crippen molar-refractivity contribution in [3.05, 3.63) is 157 Å². The van der Waals surface area contributed by atoms with Crippen LogP contribution in [0.25, 0.3) is 86.5 Å². The van der Waals surface area contributed by atoms with Gasteiger partial charge < -0.3 is 0 Å². The molecule has 0 amide bonds. The summed E-state index contributed by atoms with van der Waals surface area (Å²) in [6.45, 7) is 4.76. The second kappa shape index (κ2) is 8.80. The molecule has 0 radical (unpaired) electrons. The van der Waals surface area contributed by atoms with Crippen LogP contribution in [0, 0.1) is 0 Å². The fourth-order valence-electron chi connectivity index (χ4n) is 8.23. The van der Waals surface area contributed by atoms with E-state index in [1.54, 1.807) is 0 Å². The summed E-state index contributed by atoms with van der Waals surface area (Å²) in [7, 11) is 0. The van der Waals surface area contributed by atoms with E-state index in [4.69, 9.17) is 0 Å². The molecule has 0 atom stereocenters. The van der Waals surface area contributed by atoms with E-state index in [1.165, 1.54) is 97.7 Å². The average molecular weight is 571 g/mol. The number of hydrogen-bond acceptors (Lipinski definition) is 0. The first-order chi connectivity index (χ1) is 22.0. The van der Waals surface area contributed by atoms with E-state index >= 15 is 0 Å². The summed E-state index contributed by atoms with van der Waals surface area (Å²) in [5, 5.41) is 18.6. The lowest BCUT2D eigenvalue weighted by atomic mass is 9.74. The number of rotatable bonds is 3. The summed E-state index contributed by atoms with van der Waals surface area (Å²) in [4.78, 5) is 0. The van der Waals surface area contributed by atoms with Crippen molar-refractivity contribution in [1.29, 1.82) is 0 Å². The average Bonchev–Trinajstić information content (AvgIpc) is 3.09. The van der Waals surface area contributed by atoms with Crippen LogP contribution in [0.4, 0.5) is 0 Å². The molecule has 10 aromatic rings. The van der Waals surface area contributed by atoms with Gasteiger partial charge in [-0.1, -0.05) is 153 Å². The van der Waals surface area contributed by atoms with Gasteiger partial charge in [0.1, 0.15) is 0 Å². The number of fused-ring (bicyclic) bond motifs is 1. The third kappa shape index (κ3) is 3.43. The van der Waals surface area contributed by atoms with Gasteiger partial charge in [-0.05, 0) is 104 Å². The minimum atomic E-state index is -0.181. The molecule has 0 spiro atoms. The Labute approximate surface area is 261 Å². The van der Waals surface area contributed by atoms with Crippen LogP contribution in [0.15, 0.2) is 146 Å². The summed E-state index contributed by atoms with van der Waals surface area (Å²) in [5.74, 6) is 0. The SMILES string of the molecule is CC(C)(c1ccc2ccc(-c3ccc4ccc5cccc6ccc3c4c56)cc2c1)c1ccc2ccc3cccc4ccc1c2c34. The van der Waals surface area contributed by atoms with Gasteiger partial charge in [0.15, 0.2) is 0 Å². The van der Waals surface area contributed by atoms with Crippen LogP contribution >= 0.6 is 0 Å². The van der Waals surface area contributed by atoms with E-state index < -0.39 is 0 Å². The van der Waals surface area contributed by atoms with Crippen LogP contribution < -0.4 is 0 Å². The molecular formula is C45H30. The Morgan fingerprint density at radius 3 is 1.51 bits per heavy atom. The fourth-order valence-corrected chi connectivity index (χ4v) is 8.23. The van der Waals surface area contributed by atoms with Crippen molar-refractivity contribution in [3.8, 4) is 11.1 Å². The largest absolute Gasteiger partial charge is 0.0610 e. The second-order valence-electron chi connectivity index (χ2n) is 13.3. The Kier molecular flexibility index (Phi) is 4.88. The topological polar surface area (TPSA) is 0 Å². The summed E-state index contributed by atoms with van der Waals surface area (Å²) in [5.41, 5.74) is 5.07. The third-order valence-corrected chi connectivity index (χ3v) is 10.6. The van der Waals surface area contributed by atoms with Gasteiger partial charge in [0.25, 0.3) is 0 Å². The molecule has 0 unspecified atom stereocenters. The van der Waals surface area contributed by atoms with Gasteiger partial charge in [-0.25, -0.2) is 0 Å². The highest BCUT2D eigenvalue weighted by Gasteiger charge is 2.26. The van der Waals surface area contributed by atoms with Crippen LogP contribution in [0.1, 0.15) is 25.0 Å². The van der Waals surface area contributed by atoms with Crippen LogP contribution in [0.3, 0.4) is 0 Å². The first-order valence-electron chi connectivity index (χ1n) is 15.9. The zero-order valence-corrected chi connectivity index (χ0v) is 25.4. The van der Waals surface area contributed by atoms with E-state index in [2.05, 4.69) is 159 Å². The van der Waals surface area contributed by atoms with E-state index in [9.17, 15) is 0 Å².